The number of benzene rings is 5. The molecule has 166 valence electrons. The summed E-state index contributed by atoms with van der Waals surface area (Å²) in [7, 11) is 0. The number of para-hydroxylation sites is 1. The number of rotatable bonds is 1. The second kappa shape index (κ2) is 6.62. The zero-order chi connectivity index (χ0) is 23.3. The minimum Gasteiger partial charge on any atom is -0.456 e. The van der Waals surface area contributed by atoms with Crippen LogP contribution in [0.2, 0.25) is 0 Å². The van der Waals surface area contributed by atoms with Gasteiger partial charge in [0.1, 0.15) is 11.2 Å². The summed E-state index contributed by atoms with van der Waals surface area (Å²) in [5.41, 5.74) is 9.97. The first-order chi connectivity index (χ1) is 17.1. The normalized spacial score (nSPS) is 14.2. The lowest BCUT2D eigenvalue weighted by atomic mass is 9.82. The van der Waals surface area contributed by atoms with Gasteiger partial charge in [-0.25, -0.2) is 0 Å². The summed E-state index contributed by atoms with van der Waals surface area (Å²) >= 11 is 1.93. The molecule has 0 atom stereocenters. The van der Waals surface area contributed by atoms with Crippen LogP contribution >= 0.6 is 11.3 Å². The summed E-state index contributed by atoms with van der Waals surface area (Å²) in [6.45, 7) is 4.72. The average molecular weight is 467 g/mol. The van der Waals surface area contributed by atoms with Crippen LogP contribution in [0, 0.1) is 0 Å². The van der Waals surface area contributed by atoms with Crippen molar-refractivity contribution in [3.8, 4) is 22.3 Å². The van der Waals surface area contributed by atoms with Crippen molar-refractivity contribution in [2.45, 2.75) is 19.3 Å². The van der Waals surface area contributed by atoms with Crippen molar-refractivity contribution in [1.29, 1.82) is 0 Å². The number of fused-ring (bicyclic) bond motifs is 10. The Morgan fingerprint density at radius 2 is 1.31 bits per heavy atom. The maximum Gasteiger partial charge on any atom is 0.135 e. The lowest BCUT2D eigenvalue weighted by Crippen LogP contribution is -2.14. The zero-order valence-electron chi connectivity index (χ0n) is 19.6. The third kappa shape index (κ3) is 2.53. The van der Waals surface area contributed by atoms with Crippen molar-refractivity contribution in [1.82, 2.24) is 0 Å². The first kappa shape index (κ1) is 19.4. The Balaban J connectivity index is 1.39. The van der Waals surface area contributed by atoms with Gasteiger partial charge < -0.3 is 4.42 Å². The Morgan fingerprint density at radius 3 is 2.23 bits per heavy atom. The van der Waals surface area contributed by atoms with E-state index in [4.69, 9.17) is 4.42 Å². The molecule has 1 aliphatic carbocycles. The molecular weight excluding hydrogens is 444 g/mol. The van der Waals surface area contributed by atoms with Crippen molar-refractivity contribution in [2.24, 2.45) is 0 Å². The highest BCUT2D eigenvalue weighted by Crippen LogP contribution is 2.54. The van der Waals surface area contributed by atoms with E-state index in [2.05, 4.69) is 98.8 Å². The van der Waals surface area contributed by atoms with Crippen LogP contribution in [-0.4, -0.2) is 0 Å². The molecule has 8 rings (SSSR count). The second-order valence-corrected chi connectivity index (χ2v) is 11.2. The Kier molecular flexibility index (Phi) is 3.67. The molecular formula is C33H22OS. The number of hydrogen-bond donors (Lipinski definition) is 0. The molecule has 7 aromatic rings. The Labute approximate surface area is 207 Å². The SMILES string of the molecule is CC1(C)c2ccc(-c3ccc4oc5ccccc5c4c3)cc2-c2c1ccc1c2sc2ccccc21. The molecule has 2 heterocycles. The number of furan rings is 1. The molecule has 0 N–H and O–H groups in total. The van der Waals surface area contributed by atoms with Gasteiger partial charge in [0.25, 0.3) is 0 Å². The maximum absolute atomic E-state index is 6.07. The lowest BCUT2D eigenvalue weighted by molar-refractivity contribution is 0.661. The van der Waals surface area contributed by atoms with Gasteiger partial charge in [0.2, 0.25) is 0 Å². The lowest BCUT2D eigenvalue weighted by Gasteiger charge is -2.21. The quantitative estimate of drug-likeness (QED) is 0.235. The molecule has 0 saturated carbocycles. The fraction of sp³-hybridized carbons (Fsp3) is 0.0909. The van der Waals surface area contributed by atoms with Crippen LogP contribution < -0.4 is 0 Å². The Hall–Kier alpha value is -3.88. The van der Waals surface area contributed by atoms with Crippen LogP contribution in [0.1, 0.15) is 25.0 Å². The van der Waals surface area contributed by atoms with Gasteiger partial charge in [-0.15, -0.1) is 11.3 Å². The summed E-state index contributed by atoms with van der Waals surface area (Å²) in [5, 5.41) is 5.06. The minimum absolute atomic E-state index is 0.0156. The van der Waals surface area contributed by atoms with Gasteiger partial charge in [0.05, 0.1) is 0 Å². The molecule has 1 nitrogen and oxygen atoms in total. The van der Waals surface area contributed by atoms with Gasteiger partial charge in [0.15, 0.2) is 0 Å². The van der Waals surface area contributed by atoms with Crippen molar-refractivity contribution in [3.63, 3.8) is 0 Å². The zero-order valence-corrected chi connectivity index (χ0v) is 20.4. The van der Waals surface area contributed by atoms with Crippen molar-refractivity contribution < 1.29 is 4.42 Å². The van der Waals surface area contributed by atoms with E-state index >= 15 is 0 Å². The second-order valence-electron chi connectivity index (χ2n) is 10.2. The molecule has 0 radical (unpaired) electrons. The summed E-state index contributed by atoms with van der Waals surface area (Å²) < 4.78 is 8.83. The van der Waals surface area contributed by atoms with Gasteiger partial charge in [-0.1, -0.05) is 80.6 Å². The molecule has 5 aromatic carbocycles. The van der Waals surface area contributed by atoms with Crippen molar-refractivity contribution in [3.05, 3.63) is 108 Å². The molecule has 0 saturated heterocycles. The first-order valence-electron chi connectivity index (χ1n) is 12.1. The van der Waals surface area contributed by atoms with Crippen molar-refractivity contribution >= 4 is 53.4 Å². The largest absolute Gasteiger partial charge is 0.456 e. The van der Waals surface area contributed by atoms with E-state index in [1.807, 2.05) is 23.5 Å². The molecule has 0 aliphatic heterocycles. The molecule has 0 amide bonds. The van der Waals surface area contributed by atoms with E-state index in [-0.39, 0.29) is 5.41 Å². The highest BCUT2D eigenvalue weighted by Gasteiger charge is 2.37. The number of hydrogen-bond acceptors (Lipinski definition) is 2. The topological polar surface area (TPSA) is 13.1 Å². The van der Waals surface area contributed by atoms with Crippen LogP contribution in [0.15, 0.2) is 101 Å². The van der Waals surface area contributed by atoms with Crippen LogP contribution in [0.25, 0.3) is 64.4 Å². The van der Waals surface area contributed by atoms with Gasteiger partial charge in [-0.2, -0.15) is 0 Å². The van der Waals surface area contributed by atoms with Crippen LogP contribution in [-0.2, 0) is 5.41 Å². The maximum atomic E-state index is 6.07. The highest BCUT2D eigenvalue weighted by atomic mass is 32.1. The Morgan fingerprint density at radius 1 is 0.600 bits per heavy atom. The molecule has 0 fully saturated rings. The molecule has 0 unspecified atom stereocenters. The third-order valence-electron chi connectivity index (χ3n) is 7.89. The van der Waals surface area contributed by atoms with E-state index in [0.29, 0.717) is 0 Å². The average Bonchev–Trinajstić information content (AvgIpc) is 3.52. The molecule has 2 heteroatoms. The van der Waals surface area contributed by atoms with Crippen LogP contribution in [0.5, 0.6) is 0 Å². The molecule has 35 heavy (non-hydrogen) atoms. The third-order valence-corrected chi connectivity index (χ3v) is 9.10. The monoisotopic (exact) mass is 466 g/mol. The van der Waals surface area contributed by atoms with Gasteiger partial charge in [0, 0.05) is 41.9 Å². The van der Waals surface area contributed by atoms with Crippen LogP contribution in [0.3, 0.4) is 0 Å². The smallest absolute Gasteiger partial charge is 0.135 e. The van der Waals surface area contributed by atoms with E-state index in [1.165, 1.54) is 64.3 Å². The van der Waals surface area contributed by atoms with E-state index in [9.17, 15) is 0 Å². The van der Waals surface area contributed by atoms with E-state index < -0.39 is 0 Å². The van der Waals surface area contributed by atoms with Crippen LogP contribution in [0.4, 0.5) is 0 Å². The molecule has 2 aromatic heterocycles. The minimum atomic E-state index is -0.0156. The fourth-order valence-corrected chi connectivity index (χ4v) is 7.37. The van der Waals surface area contributed by atoms with Gasteiger partial charge >= 0.3 is 0 Å². The highest BCUT2D eigenvalue weighted by molar-refractivity contribution is 7.26. The predicted molar refractivity (Wildman–Crippen MR) is 150 cm³/mol. The molecule has 1 aliphatic rings. The summed E-state index contributed by atoms with van der Waals surface area (Å²) in [6.07, 6.45) is 0. The predicted octanol–water partition coefficient (Wildman–Crippen LogP) is 9.93. The Bertz CT molecular complexity index is 1980. The molecule has 0 bridgehead atoms. The first-order valence-corrected chi connectivity index (χ1v) is 12.9. The fourth-order valence-electron chi connectivity index (χ4n) is 6.10. The summed E-state index contributed by atoms with van der Waals surface area (Å²) in [4.78, 5) is 0. The van der Waals surface area contributed by atoms with Gasteiger partial charge in [-0.3, -0.25) is 0 Å². The summed E-state index contributed by atoms with van der Waals surface area (Å²) in [5.74, 6) is 0. The van der Waals surface area contributed by atoms with E-state index in [0.717, 1.165) is 11.2 Å². The van der Waals surface area contributed by atoms with Crippen molar-refractivity contribution in [2.75, 3.05) is 0 Å². The standard InChI is InChI=1S/C33H22OS/c1-33(2)26-14-11-19(20-12-16-29-24(17-20)21-7-3-5-9-28(21)34-29)18-25(26)31-27(33)15-13-23-22-8-4-6-10-30(22)35-32(23)31/h3-18H,1-2H3. The number of thiophene rings is 1. The van der Waals surface area contributed by atoms with Gasteiger partial charge in [-0.05, 0) is 58.1 Å². The van der Waals surface area contributed by atoms with E-state index in [1.54, 1.807) is 0 Å². The molecule has 0 spiro atoms. The summed E-state index contributed by atoms with van der Waals surface area (Å²) in [6, 6.07) is 35.4.